The summed E-state index contributed by atoms with van der Waals surface area (Å²) in [4.78, 5) is 12.4. The normalized spacial score (nSPS) is 18.0. The van der Waals surface area contributed by atoms with Crippen LogP contribution in [0.15, 0.2) is 24.3 Å². The summed E-state index contributed by atoms with van der Waals surface area (Å²) in [6.45, 7) is 1.99. The molecule has 1 aromatic carbocycles. The standard InChI is InChI=1S/C18H23NO/c1-14-7-6-10-16(11-14)17(13-19)18(20)12-15-8-4-2-3-5-9-15/h6-7,10-11,15,17H,2-5,8-9,12H2,1H3. The molecule has 0 heterocycles. The maximum absolute atomic E-state index is 12.4. The molecule has 0 radical (unpaired) electrons. The minimum Gasteiger partial charge on any atom is -0.298 e. The van der Waals surface area contributed by atoms with Gasteiger partial charge in [-0.3, -0.25) is 4.79 Å². The molecule has 0 spiro atoms. The van der Waals surface area contributed by atoms with E-state index in [0.717, 1.165) is 24.0 Å². The second kappa shape index (κ2) is 7.24. The zero-order valence-corrected chi connectivity index (χ0v) is 12.3. The number of Topliss-reactive ketones (excluding diaryl/α,β-unsaturated/α-hetero) is 1. The third-order valence-corrected chi connectivity index (χ3v) is 4.29. The molecule has 0 bridgehead atoms. The minimum absolute atomic E-state index is 0.102. The molecule has 1 atom stereocenters. The summed E-state index contributed by atoms with van der Waals surface area (Å²) in [5.41, 5.74) is 1.95. The van der Waals surface area contributed by atoms with Crippen molar-refractivity contribution in [2.45, 2.75) is 57.8 Å². The molecule has 2 heteroatoms. The Balaban J connectivity index is 2.04. The number of carbonyl (C=O) groups is 1. The van der Waals surface area contributed by atoms with Crippen LogP contribution in [-0.4, -0.2) is 5.78 Å². The predicted molar refractivity (Wildman–Crippen MR) is 80.3 cm³/mol. The van der Waals surface area contributed by atoms with Crippen LogP contribution in [-0.2, 0) is 4.79 Å². The molecule has 1 aliphatic carbocycles. The molecular weight excluding hydrogens is 246 g/mol. The number of aryl methyl sites for hydroxylation is 1. The number of nitrogens with zero attached hydrogens (tertiary/aromatic N) is 1. The first-order valence-electron chi connectivity index (χ1n) is 7.69. The second-order valence-corrected chi connectivity index (χ2v) is 6.00. The van der Waals surface area contributed by atoms with Gasteiger partial charge in [-0.05, 0) is 18.4 Å². The highest BCUT2D eigenvalue weighted by Gasteiger charge is 2.24. The van der Waals surface area contributed by atoms with Crippen LogP contribution in [0, 0.1) is 24.2 Å². The number of ketones is 1. The van der Waals surface area contributed by atoms with E-state index in [4.69, 9.17) is 0 Å². The van der Waals surface area contributed by atoms with Crippen molar-refractivity contribution < 1.29 is 4.79 Å². The van der Waals surface area contributed by atoms with Gasteiger partial charge in [0, 0.05) is 6.42 Å². The van der Waals surface area contributed by atoms with E-state index >= 15 is 0 Å². The molecule has 0 N–H and O–H groups in total. The van der Waals surface area contributed by atoms with E-state index in [-0.39, 0.29) is 5.78 Å². The summed E-state index contributed by atoms with van der Waals surface area (Å²) in [5, 5.41) is 9.35. The lowest BCUT2D eigenvalue weighted by molar-refractivity contribution is -0.120. The van der Waals surface area contributed by atoms with E-state index in [9.17, 15) is 10.1 Å². The van der Waals surface area contributed by atoms with Crippen molar-refractivity contribution in [3.63, 3.8) is 0 Å². The Hall–Kier alpha value is -1.62. The van der Waals surface area contributed by atoms with Crippen LogP contribution in [0.1, 0.15) is 62.0 Å². The molecular formula is C18H23NO. The fourth-order valence-electron chi connectivity index (χ4n) is 3.15. The number of rotatable bonds is 4. The van der Waals surface area contributed by atoms with Crippen LogP contribution in [0.4, 0.5) is 0 Å². The molecule has 1 fully saturated rings. The summed E-state index contributed by atoms with van der Waals surface area (Å²) in [7, 11) is 0. The average molecular weight is 269 g/mol. The van der Waals surface area contributed by atoms with E-state index in [2.05, 4.69) is 6.07 Å². The Kier molecular flexibility index (Phi) is 5.35. The smallest absolute Gasteiger partial charge is 0.154 e. The number of nitriles is 1. The van der Waals surface area contributed by atoms with Crippen LogP contribution in [0.3, 0.4) is 0 Å². The van der Waals surface area contributed by atoms with Crippen molar-refractivity contribution in [2.24, 2.45) is 5.92 Å². The Labute approximate surface area is 121 Å². The quantitative estimate of drug-likeness (QED) is 0.753. The molecule has 2 nitrogen and oxygen atoms in total. The Bertz CT molecular complexity index is 492. The fourth-order valence-corrected chi connectivity index (χ4v) is 3.15. The highest BCUT2D eigenvalue weighted by molar-refractivity contribution is 5.88. The fraction of sp³-hybridized carbons (Fsp3) is 0.556. The number of carbonyl (C=O) groups excluding carboxylic acids is 1. The number of benzene rings is 1. The summed E-state index contributed by atoms with van der Waals surface area (Å²) in [5.74, 6) is 0.00816. The van der Waals surface area contributed by atoms with Crippen LogP contribution in [0.2, 0.25) is 0 Å². The van der Waals surface area contributed by atoms with Gasteiger partial charge in [0.05, 0.1) is 6.07 Å². The van der Waals surface area contributed by atoms with E-state index < -0.39 is 5.92 Å². The van der Waals surface area contributed by atoms with E-state index in [1.54, 1.807) is 0 Å². The van der Waals surface area contributed by atoms with Crippen molar-refractivity contribution in [3.05, 3.63) is 35.4 Å². The van der Waals surface area contributed by atoms with Crippen LogP contribution in [0.25, 0.3) is 0 Å². The first-order valence-corrected chi connectivity index (χ1v) is 7.69. The topological polar surface area (TPSA) is 40.9 Å². The Morgan fingerprint density at radius 1 is 1.30 bits per heavy atom. The van der Waals surface area contributed by atoms with Gasteiger partial charge >= 0.3 is 0 Å². The van der Waals surface area contributed by atoms with E-state index in [0.29, 0.717) is 12.3 Å². The van der Waals surface area contributed by atoms with Gasteiger partial charge in [-0.25, -0.2) is 0 Å². The van der Waals surface area contributed by atoms with Gasteiger partial charge < -0.3 is 0 Å². The predicted octanol–water partition coefficient (Wildman–Crippen LogP) is 4.53. The molecule has 20 heavy (non-hydrogen) atoms. The second-order valence-electron chi connectivity index (χ2n) is 6.00. The molecule has 0 saturated heterocycles. The molecule has 1 aromatic rings. The zero-order valence-electron chi connectivity index (χ0n) is 12.3. The van der Waals surface area contributed by atoms with Crippen molar-refractivity contribution >= 4 is 5.78 Å². The molecule has 0 amide bonds. The highest BCUT2D eigenvalue weighted by atomic mass is 16.1. The van der Waals surface area contributed by atoms with Gasteiger partial charge in [0.15, 0.2) is 5.78 Å². The lowest BCUT2D eigenvalue weighted by Gasteiger charge is -2.15. The first kappa shape index (κ1) is 14.8. The van der Waals surface area contributed by atoms with Crippen molar-refractivity contribution in [2.75, 3.05) is 0 Å². The summed E-state index contributed by atoms with van der Waals surface area (Å²) in [6.07, 6.45) is 7.94. The Morgan fingerprint density at radius 2 is 2.00 bits per heavy atom. The summed E-state index contributed by atoms with van der Waals surface area (Å²) >= 11 is 0. The largest absolute Gasteiger partial charge is 0.298 e. The first-order chi connectivity index (χ1) is 9.70. The van der Waals surface area contributed by atoms with Crippen molar-refractivity contribution in [1.82, 2.24) is 0 Å². The van der Waals surface area contributed by atoms with Crippen LogP contribution < -0.4 is 0 Å². The molecule has 106 valence electrons. The molecule has 0 aliphatic heterocycles. The third-order valence-electron chi connectivity index (χ3n) is 4.29. The maximum Gasteiger partial charge on any atom is 0.154 e. The van der Waals surface area contributed by atoms with Gasteiger partial charge in [-0.1, -0.05) is 68.4 Å². The lowest BCUT2D eigenvalue weighted by Crippen LogP contribution is -2.15. The molecule has 1 aliphatic rings. The van der Waals surface area contributed by atoms with Crippen molar-refractivity contribution in [1.29, 1.82) is 5.26 Å². The Morgan fingerprint density at radius 3 is 2.60 bits per heavy atom. The monoisotopic (exact) mass is 269 g/mol. The SMILES string of the molecule is Cc1cccc(C(C#N)C(=O)CC2CCCCCC2)c1. The maximum atomic E-state index is 12.4. The molecule has 1 saturated carbocycles. The minimum atomic E-state index is -0.585. The third kappa shape index (κ3) is 3.93. The van der Waals surface area contributed by atoms with Gasteiger partial charge in [0.1, 0.15) is 5.92 Å². The van der Waals surface area contributed by atoms with Crippen LogP contribution in [0.5, 0.6) is 0 Å². The van der Waals surface area contributed by atoms with E-state index in [1.165, 1.54) is 25.7 Å². The summed E-state index contributed by atoms with van der Waals surface area (Å²) < 4.78 is 0. The summed E-state index contributed by atoms with van der Waals surface area (Å²) in [6, 6.07) is 9.97. The number of hydrogen-bond acceptors (Lipinski definition) is 2. The molecule has 1 unspecified atom stereocenters. The molecule has 2 rings (SSSR count). The number of hydrogen-bond donors (Lipinski definition) is 0. The highest BCUT2D eigenvalue weighted by Crippen LogP contribution is 2.28. The van der Waals surface area contributed by atoms with Gasteiger partial charge in [-0.2, -0.15) is 5.26 Å². The van der Waals surface area contributed by atoms with E-state index in [1.807, 2.05) is 31.2 Å². The average Bonchev–Trinajstić information content (AvgIpc) is 2.68. The molecule has 0 aromatic heterocycles. The van der Waals surface area contributed by atoms with Gasteiger partial charge in [0.25, 0.3) is 0 Å². The lowest BCUT2D eigenvalue weighted by atomic mass is 9.86. The van der Waals surface area contributed by atoms with Gasteiger partial charge in [0.2, 0.25) is 0 Å². The van der Waals surface area contributed by atoms with Crippen LogP contribution >= 0.6 is 0 Å². The van der Waals surface area contributed by atoms with Crippen molar-refractivity contribution in [3.8, 4) is 6.07 Å². The zero-order chi connectivity index (χ0) is 14.4. The van der Waals surface area contributed by atoms with Gasteiger partial charge in [-0.15, -0.1) is 0 Å².